The first-order chi connectivity index (χ1) is 13.1. The molecule has 0 unspecified atom stereocenters. The first-order valence-corrected chi connectivity index (χ1v) is 9.12. The van der Waals surface area contributed by atoms with E-state index in [1.165, 1.54) is 38.2 Å². The van der Waals surface area contributed by atoms with Crippen molar-refractivity contribution >= 4 is 21.5 Å². The summed E-state index contributed by atoms with van der Waals surface area (Å²) in [4.78, 5) is 0. The molecule has 0 N–H and O–H groups in total. The molecule has 27 heavy (non-hydrogen) atoms. The third-order valence-corrected chi connectivity index (χ3v) is 4.96. The molecule has 0 saturated carbocycles. The average Bonchev–Trinajstić information content (AvgIpc) is 2.69. The molecule has 0 aliphatic heterocycles. The van der Waals surface area contributed by atoms with Gasteiger partial charge in [-0.1, -0.05) is 54.6 Å². The second-order valence-corrected chi connectivity index (χ2v) is 6.71. The number of rotatable bonds is 2. The second kappa shape index (κ2) is 8.13. The molecule has 0 saturated heterocycles. The number of aryl methyl sites for hydroxylation is 3. The average molecular weight is 358 g/mol. The predicted octanol–water partition coefficient (Wildman–Crippen LogP) is 6.62. The standard InChI is InChI=1S/C13H14O.C12H12O/c1-9-5-4-6-11-12(14-3)8-7-10(2)13(9)11;1-9-5-3-7-11-10(9)6-4-8-12(11)13-2/h4-8H,1-3H3;3-8H,1-2H3. The van der Waals surface area contributed by atoms with Crippen LogP contribution in [0.3, 0.4) is 0 Å². The van der Waals surface area contributed by atoms with Crippen molar-refractivity contribution in [2.45, 2.75) is 20.8 Å². The minimum absolute atomic E-state index is 0.946. The van der Waals surface area contributed by atoms with Gasteiger partial charge in [0.25, 0.3) is 0 Å². The van der Waals surface area contributed by atoms with E-state index < -0.39 is 0 Å². The van der Waals surface area contributed by atoms with E-state index in [1.807, 2.05) is 18.2 Å². The van der Waals surface area contributed by atoms with Crippen LogP contribution < -0.4 is 9.47 Å². The number of hydrogen-bond acceptors (Lipinski definition) is 2. The van der Waals surface area contributed by atoms with Gasteiger partial charge in [-0.15, -0.1) is 0 Å². The lowest BCUT2D eigenvalue weighted by Crippen LogP contribution is -1.88. The van der Waals surface area contributed by atoms with Crippen LogP contribution in [0, 0.1) is 20.8 Å². The van der Waals surface area contributed by atoms with Crippen molar-refractivity contribution in [1.82, 2.24) is 0 Å². The van der Waals surface area contributed by atoms with Crippen molar-refractivity contribution in [3.05, 3.63) is 83.4 Å². The van der Waals surface area contributed by atoms with Crippen molar-refractivity contribution in [2.75, 3.05) is 14.2 Å². The quantitative estimate of drug-likeness (QED) is 0.401. The summed E-state index contributed by atoms with van der Waals surface area (Å²) in [5.41, 5.74) is 3.90. The van der Waals surface area contributed by atoms with Gasteiger partial charge < -0.3 is 9.47 Å². The summed E-state index contributed by atoms with van der Waals surface area (Å²) in [6.07, 6.45) is 0. The van der Waals surface area contributed by atoms with Gasteiger partial charge in [-0.05, 0) is 60.4 Å². The highest BCUT2D eigenvalue weighted by Gasteiger charge is 2.05. The van der Waals surface area contributed by atoms with E-state index in [0.717, 1.165) is 11.5 Å². The van der Waals surface area contributed by atoms with E-state index in [2.05, 4.69) is 69.3 Å². The molecule has 0 aliphatic rings. The van der Waals surface area contributed by atoms with Crippen molar-refractivity contribution in [3.63, 3.8) is 0 Å². The molecule has 2 nitrogen and oxygen atoms in total. The first-order valence-electron chi connectivity index (χ1n) is 9.12. The molecule has 138 valence electrons. The largest absolute Gasteiger partial charge is 0.496 e. The molecule has 4 aromatic carbocycles. The van der Waals surface area contributed by atoms with Gasteiger partial charge in [0.05, 0.1) is 14.2 Å². The molecule has 0 aliphatic carbocycles. The topological polar surface area (TPSA) is 18.5 Å². The van der Waals surface area contributed by atoms with Gasteiger partial charge in [0, 0.05) is 10.8 Å². The maximum atomic E-state index is 5.34. The van der Waals surface area contributed by atoms with E-state index in [0.29, 0.717) is 0 Å². The summed E-state index contributed by atoms with van der Waals surface area (Å²) < 4.78 is 10.6. The fourth-order valence-corrected chi connectivity index (χ4v) is 3.56. The summed E-state index contributed by atoms with van der Waals surface area (Å²) in [5.74, 6) is 1.90. The first kappa shape index (κ1) is 18.8. The highest BCUT2D eigenvalue weighted by Crippen LogP contribution is 2.30. The Bertz CT molecular complexity index is 1070. The van der Waals surface area contributed by atoms with Crippen molar-refractivity contribution in [2.24, 2.45) is 0 Å². The lowest BCUT2D eigenvalue weighted by Gasteiger charge is -2.09. The van der Waals surface area contributed by atoms with Crippen LogP contribution in [0.4, 0.5) is 0 Å². The van der Waals surface area contributed by atoms with E-state index >= 15 is 0 Å². The molecular formula is C25H26O2. The van der Waals surface area contributed by atoms with Crippen molar-refractivity contribution in [3.8, 4) is 11.5 Å². The van der Waals surface area contributed by atoms with Gasteiger partial charge in [-0.25, -0.2) is 0 Å². The zero-order valence-corrected chi connectivity index (χ0v) is 16.7. The van der Waals surface area contributed by atoms with Gasteiger partial charge in [-0.3, -0.25) is 0 Å². The van der Waals surface area contributed by atoms with Crippen LogP contribution in [-0.4, -0.2) is 14.2 Å². The Kier molecular flexibility index (Phi) is 5.66. The maximum Gasteiger partial charge on any atom is 0.126 e. The number of benzene rings is 4. The molecule has 4 aromatic rings. The van der Waals surface area contributed by atoms with Crippen LogP contribution in [0.1, 0.15) is 16.7 Å². The van der Waals surface area contributed by atoms with Crippen LogP contribution in [0.25, 0.3) is 21.5 Å². The third kappa shape index (κ3) is 3.75. The highest BCUT2D eigenvalue weighted by atomic mass is 16.5. The normalized spacial score (nSPS) is 10.4. The molecule has 0 fully saturated rings. The number of ether oxygens (including phenoxy) is 2. The Morgan fingerprint density at radius 2 is 1.00 bits per heavy atom. The zero-order valence-electron chi connectivity index (χ0n) is 16.7. The van der Waals surface area contributed by atoms with Crippen molar-refractivity contribution < 1.29 is 9.47 Å². The predicted molar refractivity (Wildman–Crippen MR) is 115 cm³/mol. The number of methoxy groups -OCH3 is 2. The summed E-state index contributed by atoms with van der Waals surface area (Å²) in [6.45, 7) is 6.38. The smallest absolute Gasteiger partial charge is 0.126 e. The summed E-state index contributed by atoms with van der Waals surface area (Å²) in [7, 11) is 3.42. The van der Waals surface area contributed by atoms with Gasteiger partial charge in [0.2, 0.25) is 0 Å². The van der Waals surface area contributed by atoms with Gasteiger partial charge in [-0.2, -0.15) is 0 Å². The third-order valence-electron chi connectivity index (χ3n) is 4.96. The minimum atomic E-state index is 0.946. The summed E-state index contributed by atoms with van der Waals surface area (Å²) >= 11 is 0. The van der Waals surface area contributed by atoms with Crippen molar-refractivity contribution in [1.29, 1.82) is 0 Å². The molecular weight excluding hydrogens is 332 g/mol. The van der Waals surface area contributed by atoms with Crippen LogP contribution >= 0.6 is 0 Å². The molecule has 0 aromatic heterocycles. The molecule has 2 heteroatoms. The molecule has 0 atom stereocenters. The molecule has 4 rings (SSSR count). The van der Waals surface area contributed by atoms with Crippen LogP contribution in [0.5, 0.6) is 11.5 Å². The number of fused-ring (bicyclic) bond motifs is 2. The fraction of sp³-hybridized carbons (Fsp3) is 0.200. The lowest BCUT2D eigenvalue weighted by molar-refractivity contribution is 0.419. The molecule has 0 amide bonds. The van der Waals surface area contributed by atoms with E-state index in [9.17, 15) is 0 Å². The highest BCUT2D eigenvalue weighted by molar-refractivity contribution is 5.93. The SMILES string of the molecule is COc1ccc(C)c2c(C)cccc12.COc1cccc2c(C)cccc12. The Balaban J connectivity index is 0.000000156. The van der Waals surface area contributed by atoms with Gasteiger partial charge in [0.1, 0.15) is 11.5 Å². The van der Waals surface area contributed by atoms with Crippen LogP contribution in [0.2, 0.25) is 0 Å². The second-order valence-electron chi connectivity index (χ2n) is 6.71. The minimum Gasteiger partial charge on any atom is -0.496 e. The maximum absolute atomic E-state index is 5.34. The van der Waals surface area contributed by atoms with Crippen LogP contribution in [-0.2, 0) is 0 Å². The Morgan fingerprint density at radius 3 is 1.70 bits per heavy atom. The Hall–Kier alpha value is -3.00. The molecule has 0 heterocycles. The summed E-state index contributed by atoms with van der Waals surface area (Å²) in [5, 5.41) is 4.96. The molecule has 0 bridgehead atoms. The van der Waals surface area contributed by atoms with E-state index in [-0.39, 0.29) is 0 Å². The number of hydrogen-bond donors (Lipinski definition) is 0. The lowest BCUT2D eigenvalue weighted by atomic mass is 10.0. The van der Waals surface area contributed by atoms with Gasteiger partial charge >= 0.3 is 0 Å². The fourth-order valence-electron chi connectivity index (χ4n) is 3.56. The van der Waals surface area contributed by atoms with E-state index in [4.69, 9.17) is 9.47 Å². The molecule has 0 spiro atoms. The van der Waals surface area contributed by atoms with E-state index in [1.54, 1.807) is 14.2 Å². The van der Waals surface area contributed by atoms with Crippen LogP contribution in [0.15, 0.2) is 66.7 Å². The summed E-state index contributed by atoms with van der Waals surface area (Å²) in [6, 6.07) is 22.8. The zero-order chi connectivity index (χ0) is 19.4. The molecule has 0 radical (unpaired) electrons. The Morgan fingerprint density at radius 1 is 0.481 bits per heavy atom. The Labute approximate surface area is 161 Å². The monoisotopic (exact) mass is 358 g/mol. The van der Waals surface area contributed by atoms with Gasteiger partial charge in [0.15, 0.2) is 0 Å².